The Hall–Kier alpha value is 0.230. The summed E-state index contributed by atoms with van der Waals surface area (Å²) < 4.78 is 0. The molecule has 0 amide bonds. The standard InChI is InChI=1S/C10H13Cl2P/c1-2-3-4-9-5-7-10(8-6-9)13(11)12/h5-8H,2-4H2,1H3. The van der Waals surface area contributed by atoms with Crippen LogP contribution in [0.1, 0.15) is 25.3 Å². The van der Waals surface area contributed by atoms with Gasteiger partial charge in [0.1, 0.15) is 6.63 Å². The van der Waals surface area contributed by atoms with E-state index in [4.69, 9.17) is 22.5 Å². The monoisotopic (exact) mass is 234 g/mol. The van der Waals surface area contributed by atoms with E-state index in [2.05, 4.69) is 19.1 Å². The van der Waals surface area contributed by atoms with Gasteiger partial charge in [-0.3, -0.25) is 0 Å². The van der Waals surface area contributed by atoms with Crippen LogP contribution in [0.2, 0.25) is 0 Å². The third-order valence-corrected chi connectivity index (χ3v) is 3.81. The van der Waals surface area contributed by atoms with Crippen molar-refractivity contribution in [3.05, 3.63) is 29.8 Å². The summed E-state index contributed by atoms with van der Waals surface area (Å²) in [7, 11) is 0. The minimum absolute atomic E-state index is 0.976. The fourth-order valence-electron chi connectivity index (χ4n) is 1.16. The van der Waals surface area contributed by atoms with Crippen LogP contribution in [0.4, 0.5) is 0 Å². The summed E-state index contributed by atoms with van der Waals surface area (Å²) >= 11 is 11.6. The van der Waals surface area contributed by atoms with E-state index >= 15 is 0 Å². The van der Waals surface area contributed by atoms with Gasteiger partial charge < -0.3 is 0 Å². The Morgan fingerprint density at radius 2 is 1.77 bits per heavy atom. The third kappa shape index (κ3) is 3.85. The Morgan fingerprint density at radius 1 is 1.15 bits per heavy atom. The number of hydrogen-bond donors (Lipinski definition) is 0. The highest BCUT2D eigenvalue weighted by molar-refractivity contribution is 8.08. The van der Waals surface area contributed by atoms with Crippen molar-refractivity contribution in [2.45, 2.75) is 26.2 Å². The Labute approximate surface area is 90.6 Å². The summed E-state index contributed by atoms with van der Waals surface area (Å²) in [5.41, 5.74) is 1.37. The lowest BCUT2D eigenvalue weighted by Crippen LogP contribution is -1.94. The molecule has 0 aliphatic rings. The van der Waals surface area contributed by atoms with E-state index in [0.29, 0.717) is 0 Å². The Bertz CT molecular complexity index is 244. The van der Waals surface area contributed by atoms with E-state index < -0.39 is 6.63 Å². The molecule has 0 aliphatic heterocycles. The summed E-state index contributed by atoms with van der Waals surface area (Å²) in [6.07, 6.45) is 3.63. The molecule has 0 fully saturated rings. The number of unbranched alkanes of at least 4 members (excludes halogenated alkanes) is 1. The molecule has 0 saturated carbocycles. The lowest BCUT2D eigenvalue weighted by molar-refractivity contribution is 0.795. The van der Waals surface area contributed by atoms with Crippen molar-refractivity contribution in [2.75, 3.05) is 0 Å². The molecule has 0 bridgehead atoms. The fourth-order valence-corrected chi connectivity index (χ4v) is 2.21. The Kier molecular flexibility index (Phi) is 5.09. The van der Waals surface area contributed by atoms with Crippen LogP contribution in [0.5, 0.6) is 0 Å². The highest BCUT2D eigenvalue weighted by atomic mass is 35.9. The fraction of sp³-hybridized carbons (Fsp3) is 0.400. The average Bonchev–Trinajstić information content (AvgIpc) is 2.15. The number of hydrogen-bond acceptors (Lipinski definition) is 0. The second-order valence-corrected chi connectivity index (χ2v) is 6.53. The molecule has 0 unspecified atom stereocenters. The van der Waals surface area contributed by atoms with Gasteiger partial charge in [-0.25, -0.2) is 0 Å². The molecule has 0 radical (unpaired) electrons. The van der Waals surface area contributed by atoms with Gasteiger partial charge in [-0.1, -0.05) is 60.1 Å². The summed E-state index contributed by atoms with van der Waals surface area (Å²) in [6.45, 7) is 1.22. The van der Waals surface area contributed by atoms with Gasteiger partial charge in [0.05, 0.1) is 0 Å². The Morgan fingerprint density at radius 3 is 2.23 bits per heavy atom. The van der Waals surface area contributed by atoms with E-state index in [1.165, 1.54) is 18.4 Å². The number of aryl methyl sites for hydroxylation is 1. The number of benzene rings is 1. The maximum Gasteiger partial charge on any atom is 0.116 e. The summed E-state index contributed by atoms with van der Waals surface area (Å²) in [5.74, 6) is 0. The second-order valence-electron chi connectivity index (χ2n) is 3.00. The van der Waals surface area contributed by atoms with Crippen LogP contribution in [0.15, 0.2) is 24.3 Å². The molecule has 1 rings (SSSR count). The van der Waals surface area contributed by atoms with Gasteiger partial charge in [-0.05, 0) is 18.4 Å². The van der Waals surface area contributed by atoms with Crippen LogP contribution in [-0.4, -0.2) is 0 Å². The highest BCUT2D eigenvalue weighted by Crippen LogP contribution is 2.45. The van der Waals surface area contributed by atoms with E-state index in [1.54, 1.807) is 0 Å². The van der Waals surface area contributed by atoms with E-state index in [-0.39, 0.29) is 0 Å². The SMILES string of the molecule is CCCCc1ccc(P(Cl)Cl)cc1. The van der Waals surface area contributed by atoms with Gasteiger partial charge in [0, 0.05) is 5.30 Å². The minimum atomic E-state index is -0.976. The summed E-state index contributed by atoms with van der Waals surface area (Å²) in [6, 6.07) is 8.28. The van der Waals surface area contributed by atoms with Crippen LogP contribution in [0.3, 0.4) is 0 Å². The van der Waals surface area contributed by atoms with Crippen molar-refractivity contribution in [2.24, 2.45) is 0 Å². The molecule has 0 aliphatic carbocycles. The average molecular weight is 235 g/mol. The quantitative estimate of drug-likeness (QED) is 0.676. The smallest absolute Gasteiger partial charge is 0.0727 e. The molecule has 0 aromatic heterocycles. The third-order valence-electron chi connectivity index (χ3n) is 1.95. The Balaban J connectivity index is 2.59. The topological polar surface area (TPSA) is 0 Å². The zero-order valence-corrected chi connectivity index (χ0v) is 10.0. The van der Waals surface area contributed by atoms with Crippen molar-refractivity contribution in [3.63, 3.8) is 0 Å². The van der Waals surface area contributed by atoms with Gasteiger partial charge in [0.2, 0.25) is 0 Å². The van der Waals surface area contributed by atoms with Crippen molar-refractivity contribution < 1.29 is 0 Å². The van der Waals surface area contributed by atoms with Gasteiger partial charge >= 0.3 is 0 Å². The molecule has 0 N–H and O–H groups in total. The first-order valence-electron chi connectivity index (χ1n) is 4.44. The molecule has 0 heterocycles. The molecule has 0 spiro atoms. The molecule has 13 heavy (non-hydrogen) atoms. The predicted molar refractivity (Wildman–Crippen MR) is 63.3 cm³/mol. The molecule has 72 valence electrons. The van der Waals surface area contributed by atoms with Gasteiger partial charge in [-0.2, -0.15) is 0 Å². The van der Waals surface area contributed by atoms with Crippen LogP contribution < -0.4 is 5.30 Å². The van der Waals surface area contributed by atoms with E-state index in [9.17, 15) is 0 Å². The van der Waals surface area contributed by atoms with Crippen LogP contribution in [-0.2, 0) is 6.42 Å². The lowest BCUT2D eigenvalue weighted by atomic mass is 10.1. The molecule has 0 atom stereocenters. The largest absolute Gasteiger partial charge is 0.116 e. The van der Waals surface area contributed by atoms with Crippen LogP contribution >= 0.6 is 29.1 Å². The zero-order chi connectivity index (χ0) is 9.68. The number of rotatable bonds is 4. The van der Waals surface area contributed by atoms with Gasteiger partial charge in [0.25, 0.3) is 0 Å². The maximum atomic E-state index is 5.79. The molecular formula is C10H13Cl2P. The van der Waals surface area contributed by atoms with Gasteiger partial charge in [0.15, 0.2) is 0 Å². The molecule has 0 nitrogen and oxygen atoms in total. The summed E-state index contributed by atoms with van der Waals surface area (Å²) in [4.78, 5) is 0. The van der Waals surface area contributed by atoms with E-state index in [1.807, 2.05) is 12.1 Å². The first-order chi connectivity index (χ1) is 6.24. The molecule has 1 aromatic carbocycles. The van der Waals surface area contributed by atoms with Crippen molar-refractivity contribution in [3.8, 4) is 0 Å². The van der Waals surface area contributed by atoms with Crippen molar-refractivity contribution in [1.29, 1.82) is 0 Å². The van der Waals surface area contributed by atoms with Gasteiger partial charge in [-0.15, -0.1) is 0 Å². The maximum absolute atomic E-state index is 5.79. The predicted octanol–water partition coefficient (Wildman–Crippen LogP) is 4.44. The van der Waals surface area contributed by atoms with E-state index in [0.717, 1.165) is 11.7 Å². The first kappa shape index (κ1) is 11.3. The van der Waals surface area contributed by atoms with Crippen molar-refractivity contribution >= 4 is 34.4 Å². The minimum Gasteiger partial charge on any atom is -0.0727 e. The zero-order valence-electron chi connectivity index (χ0n) is 7.63. The molecule has 3 heteroatoms. The molecule has 1 aromatic rings. The van der Waals surface area contributed by atoms with Crippen LogP contribution in [0, 0.1) is 0 Å². The summed E-state index contributed by atoms with van der Waals surface area (Å²) in [5, 5.41) is 1.04. The number of halogens is 2. The highest BCUT2D eigenvalue weighted by Gasteiger charge is 2.02. The molecule has 0 saturated heterocycles. The van der Waals surface area contributed by atoms with Crippen LogP contribution in [0.25, 0.3) is 0 Å². The molecular weight excluding hydrogens is 222 g/mol. The lowest BCUT2D eigenvalue weighted by Gasteiger charge is -2.03. The van der Waals surface area contributed by atoms with Crippen molar-refractivity contribution in [1.82, 2.24) is 0 Å². The second kappa shape index (κ2) is 5.86. The first-order valence-corrected chi connectivity index (χ1v) is 7.60. The normalized spacial score (nSPS) is 10.8.